The molecule has 0 spiro atoms. The lowest BCUT2D eigenvalue weighted by Crippen LogP contribution is -2.32. The molecule has 1 aromatic rings. The van der Waals surface area contributed by atoms with Gasteiger partial charge in [0.2, 0.25) is 11.8 Å². The summed E-state index contributed by atoms with van der Waals surface area (Å²) in [4.78, 5) is 22.9. The fourth-order valence-corrected chi connectivity index (χ4v) is 1.58. The number of halogens is 2. The van der Waals surface area contributed by atoms with Crippen molar-refractivity contribution in [2.45, 2.75) is 32.6 Å². The van der Waals surface area contributed by atoms with Crippen molar-refractivity contribution in [3.63, 3.8) is 0 Å². The van der Waals surface area contributed by atoms with Crippen LogP contribution in [0.15, 0.2) is 18.2 Å². The van der Waals surface area contributed by atoms with Crippen LogP contribution in [0.25, 0.3) is 0 Å². The van der Waals surface area contributed by atoms with Crippen molar-refractivity contribution in [3.05, 3.63) is 29.8 Å². The van der Waals surface area contributed by atoms with Gasteiger partial charge in [-0.25, -0.2) is 8.78 Å². The van der Waals surface area contributed by atoms with E-state index in [1.807, 2.05) is 6.92 Å². The SMILES string of the molecule is CCCCCC(=O)NCC(=O)Nc1ccc(F)c(F)c1. The molecule has 0 bridgehead atoms. The fraction of sp³-hybridized carbons (Fsp3) is 0.429. The van der Waals surface area contributed by atoms with Gasteiger partial charge >= 0.3 is 0 Å². The van der Waals surface area contributed by atoms with Crippen molar-refractivity contribution >= 4 is 17.5 Å². The van der Waals surface area contributed by atoms with E-state index in [1.54, 1.807) is 0 Å². The van der Waals surface area contributed by atoms with Gasteiger partial charge in [0.05, 0.1) is 6.54 Å². The van der Waals surface area contributed by atoms with E-state index in [1.165, 1.54) is 6.07 Å². The maximum atomic E-state index is 12.9. The van der Waals surface area contributed by atoms with Crippen molar-refractivity contribution in [1.29, 1.82) is 0 Å². The van der Waals surface area contributed by atoms with Crippen LogP contribution < -0.4 is 10.6 Å². The molecule has 0 saturated heterocycles. The summed E-state index contributed by atoms with van der Waals surface area (Å²) in [6, 6.07) is 3.06. The molecule has 0 atom stereocenters. The van der Waals surface area contributed by atoms with Crippen LogP contribution in [0, 0.1) is 11.6 Å². The molecule has 20 heavy (non-hydrogen) atoms. The molecule has 0 aliphatic carbocycles. The highest BCUT2D eigenvalue weighted by Gasteiger charge is 2.07. The molecule has 110 valence electrons. The summed E-state index contributed by atoms with van der Waals surface area (Å²) in [5.74, 6) is -2.70. The summed E-state index contributed by atoms with van der Waals surface area (Å²) < 4.78 is 25.6. The Kier molecular flexibility index (Phi) is 6.63. The van der Waals surface area contributed by atoms with Crippen LogP contribution >= 0.6 is 0 Å². The minimum Gasteiger partial charge on any atom is -0.347 e. The largest absolute Gasteiger partial charge is 0.347 e. The Morgan fingerprint density at radius 2 is 1.85 bits per heavy atom. The number of carbonyl (C=O) groups is 2. The van der Waals surface area contributed by atoms with E-state index >= 15 is 0 Å². The summed E-state index contributed by atoms with van der Waals surface area (Å²) in [6.45, 7) is 1.84. The van der Waals surface area contributed by atoms with Gasteiger partial charge in [-0.1, -0.05) is 19.8 Å². The zero-order chi connectivity index (χ0) is 15.0. The minimum absolute atomic E-state index is 0.147. The van der Waals surface area contributed by atoms with Crippen LogP contribution in [0.5, 0.6) is 0 Å². The van der Waals surface area contributed by atoms with Crippen LogP contribution in [-0.2, 0) is 9.59 Å². The summed E-state index contributed by atoms with van der Waals surface area (Å²) in [5.41, 5.74) is 0.147. The highest BCUT2D eigenvalue weighted by atomic mass is 19.2. The monoisotopic (exact) mass is 284 g/mol. The first-order chi connectivity index (χ1) is 9.52. The number of benzene rings is 1. The van der Waals surface area contributed by atoms with Crippen molar-refractivity contribution in [1.82, 2.24) is 5.32 Å². The van der Waals surface area contributed by atoms with Gasteiger partial charge in [-0.05, 0) is 18.6 Å². The molecule has 1 aromatic carbocycles. The molecule has 0 saturated carbocycles. The van der Waals surface area contributed by atoms with Gasteiger partial charge in [-0.2, -0.15) is 0 Å². The highest BCUT2D eigenvalue weighted by molar-refractivity contribution is 5.94. The Morgan fingerprint density at radius 3 is 2.50 bits per heavy atom. The van der Waals surface area contributed by atoms with Crippen molar-refractivity contribution < 1.29 is 18.4 Å². The summed E-state index contributed by atoms with van der Waals surface area (Å²) in [6.07, 6.45) is 3.15. The van der Waals surface area contributed by atoms with Gasteiger partial charge in [0.25, 0.3) is 0 Å². The van der Waals surface area contributed by atoms with Crippen LogP contribution in [-0.4, -0.2) is 18.4 Å². The number of hydrogen-bond acceptors (Lipinski definition) is 2. The van der Waals surface area contributed by atoms with Gasteiger partial charge in [0.1, 0.15) is 0 Å². The lowest BCUT2D eigenvalue weighted by Gasteiger charge is -2.07. The summed E-state index contributed by atoms with van der Waals surface area (Å²) in [7, 11) is 0. The van der Waals surface area contributed by atoms with Crippen molar-refractivity contribution in [2.75, 3.05) is 11.9 Å². The van der Waals surface area contributed by atoms with E-state index in [4.69, 9.17) is 0 Å². The zero-order valence-electron chi connectivity index (χ0n) is 11.3. The fourth-order valence-electron chi connectivity index (χ4n) is 1.58. The second kappa shape index (κ2) is 8.24. The Bertz CT molecular complexity index is 478. The number of nitrogens with one attached hydrogen (secondary N) is 2. The summed E-state index contributed by atoms with van der Waals surface area (Å²) >= 11 is 0. The maximum absolute atomic E-state index is 12.9. The van der Waals surface area contributed by atoms with Crippen LogP contribution in [0.1, 0.15) is 32.6 Å². The van der Waals surface area contributed by atoms with E-state index < -0.39 is 17.5 Å². The third-order valence-corrected chi connectivity index (χ3v) is 2.66. The minimum atomic E-state index is -1.04. The zero-order valence-corrected chi connectivity index (χ0v) is 11.3. The van der Waals surface area contributed by atoms with E-state index in [0.29, 0.717) is 6.42 Å². The Morgan fingerprint density at radius 1 is 1.10 bits per heavy atom. The lowest BCUT2D eigenvalue weighted by molar-refractivity contribution is -0.124. The normalized spacial score (nSPS) is 10.2. The average molecular weight is 284 g/mol. The number of rotatable bonds is 7. The third kappa shape index (κ3) is 5.77. The molecule has 0 heterocycles. The molecule has 0 unspecified atom stereocenters. The third-order valence-electron chi connectivity index (χ3n) is 2.66. The predicted molar refractivity (Wildman–Crippen MR) is 72.1 cm³/mol. The molecule has 6 heteroatoms. The van der Waals surface area contributed by atoms with Crippen LogP contribution in [0.2, 0.25) is 0 Å². The highest BCUT2D eigenvalue weighted by Crippen LogP contribution is 2.12. The lowest BCUT2D eigenvalue weighted by atomic mass is 10.2. The van der Waals surface area contributed by atoms with Crippen LogP contribution in [0.3, 0.4) is 0 Å². The smallest absolute Gasteiger partial charge is 0.243 e. The molecule has 0 radical (unpaired) electrons. The van der Waals surface area contributed by atoms with Crippen molar-refractivity contribution in [3.8, 4) is 0 Å². The van der Waals surface area contributed by atoms with E-state index in [9.17, 15) is 18.4 Å². The molecule has 2 amide bonds. The molecule has 2 N–H and O–H groups in total. The molecular weight excluding hydrogens is 266 g/mol. The van der Waals surface area contributed by atoms with Gasteiger partial charge in [0.15, 0.2) is 11.6 Å². The Labute approximate surface area is 116 Å². The first-order valence-corrected chi connectivity index (χ1v) is 6.54. The summed E-state index contributed by atoms with van der Waals surface area (Å²) in [5, 5.41) is 4.84. The predicted octanol–water partition coefficient (Wildman–Crippen LogP) is 2.60. The molecule has 0 aromatic heterocycles. The Balaban J connectivity index is 2.32. The second-order valence-corrected chi connectivity index (χ2v) is 4.41. The molecular formula is C14H18F2N2O2. The molecule has 0 aliphatic heterocycles. The van der Waals surface area contributed by atoms with Crippen LogP contribution in [0.4, 0.5) is 14.5 Å². The first-order valence-electron chi connectivity index (χ1n) is 6.54. The van der Waals surface area contributed by atoms with E-state index in [2.05, 4.69) is 10.6 Å². The number of hydrogen-bond donors (Lipinski definition) is 2. The molecule has 1 rings (SSSR count). The number of unbranched alkanes of at least 4 members (excludes halogenated alkanes) is 2. The molecule has 0 fully saturated rings. The average Bonchev–Trinajstić information content (AvgIpc) is 2.41. The van der Waals surface area contributed by atoms with Gasteiger partial charge in [0, 0.05) is 18.2 Å². The molecule has 4 nitrogen and oxygen atoms in total. The van der Waals surface area contributed by atoms with Gasteiger partial charge in [-0.3, -0.25) is 9.59 Å². The second-order valence-electron chi connectivity index (χ2n) is 4.41. The Hall–Kier alpha value is -1.98. The van der Waals surface area contributed by atoms with Gasteiger partial charge in [-0.15, -0.1) is 0 Å². The van der Waals surface area contributed by atoms with E-state index in [0.717, 1.165) is 31.4 Å². The number of amides is 2. The quantitative estimate of drug-likeness (QED) is 0.756. The number of anilines is 1. The van der Waals surface area contributed by atoms with Crippen molar-refractivity contribution in [2.24, 2.45) is 0 Å². The standard InChI is InChI=1S/C14H18F2N2O2/c1-2-3-4-5-13(19)17-9-14(20)18-10-6-7-11(15)12(16)8-10/h6-8H,2-5,9H2,1H3,(H,17,19)(H,18,20). The van der Waals surface area contributed by atoms with E-state index in [-0.39, 0.29) is 18.1 Å². The topological polar surface area (TPSA) is 58.2 Å². The molecule has 0 aliphatic rings. The van der Waals surface area contributed by atoms with Gasteiger partial charge < -0.3 is 10.6 Å². The first kappa shape index (κ1) is 16.1. The number of carbonyl (C=O) groups excluding carboxylic acids is 2. The maximum Gasteiger partial charge on any atom is 0.243 e.